The summed E-state index contributed by atoms with van der Waals surface area (Å²) >= 11 is 0. The van der Waals surface area contributed by atoms with E-state index in [-0.39, 0.29) is 42.1 Å². The summed E-state index contributed by atoms with van der Waals surface area (Å²) in [6, 6.07) is 9.70. The number of para-hydroxylation sites is 1. The van der Waals surface area contributed by atoms with E-state index in [1.807, 2.05) is 44.3 Å². The second-order valence-corrected chi connectivity index (χ2v) is 19.7. The summed E-state index contributed by atoms with van der Waals surface area (Å²) in [6.07, 6.45) is 14.2. The quantitative estimate of drug-likeness (QED) is 0.0610. The molecule has 4 saturated carbocycles. The summed E-state index contributed by atoms with van der Waals surface area (Å²) < 4.78 is 13.4. The number of fused-ring (bicyclic) bond motifs is 1. The number of Topliss-reactive ketones (excluding diaryl/α,β-unsaturated/α-hetero) is 1. The molecule has 14 nitrogen and oxygen atoms in total. The predicted octanol–water partition coefficient (Wildman–Crippen LogP) is 8.00. The molecule has 0 radical (unpaired) electrons. The van der Waals surface area contributed by atoms with Crippen molar-refractivity contribution >= 4 is 34.6 Å². The number of nitrogen functional groups attached to an aromatic ring is 1. The highest BCUT2D eigenvalue weighted by molar-refractivity contribution is 5.92. The van der Waals surface area contributed by atoms with Crippen LogP contribution in [0.5, 0.6) is 5.75 Å². The fourth-order valence-electron chi connectivity index (χ4n) is 11.3. The first-order chi connectivity index (χ1) is 29.6. The van der Waals surface area contributed by atoms with Gasteiger partial charge in [0.1, 0.15) is 17.4 Å². The molecule has 3 heterocycles. The van der Waals surface area contributed by atoms with E-state index in [1.165, 1.54) is 38.5 Å². The van der Waals surface area contributed by atoms with E-state index in [0.717, 1.165) is 57.3 Å². The summed E-state index contributed by atoms with van der Waals surface area (Å²) in [7, 11) is 0. The standard InChI is InChI=1S/C48H62N8O6/c1-28-15-35(57)16-29(2)37(28)20-33(22-41(58)39(53-46(60)61-47(3,4)5)11-8-13-56-14-12-50-45(56)49)43(59)52-40(21-34-27-51-38-10-7-6-9-36(34)38)44-54-42(55-62-44)26-48-23-30-17-31(24-48)19-32(18-30)25-48/h6-7,9-10,12,14-16,27,30-33,39-40,51,57H,8,11,13,17-26H2,1-5H3,(H2,49,50)(H,52,59)(H,53,60)/t30?,31?,32?,33-,39-,40+,48?/m1/s1. The van der Waals surface area contributed by atoms with Gasteiger partial charge in [-0.2, -0.15) is 4.98 Å². The number of aryl methyl sites for hydroxylation is 3. The molecule has 3 aromatic heterocycles. The Morgan fingerprint density at radius 1 is 1.03 bits per heavy atom. The predicted molar refractivity (Wildman–Crippen MR) is 235 cm³/mol. The fourth-order valence-corrected chi connectivity index (χ4v) is 11.3. The van der Waals surface area contributed by atoms with E-state index in [0.29, 0.717) is 37.0 Å². The zero-order chi connectivity index (χ0) is 43.8. The molecule has 0 aliphatic heterocycles. The lowest BCUT2D eigenvalue weighted by Gasteiger charge is -2.56. The Morgan fingerprint density at radius 2 is 1.73 bits per heavy atom. The maximum Gasteiger partial charge on any atom is 0.408 e. The van der Waals surface area contributed by atoms with Crippen molar-refractivity contribution in [2.24, 2.45) is 29.1 Å². The number of H-pyrrole nitrogens is 1. The molecule has 0 saturated heterocycles. The Kier molecular flexibility index (Phi) is 12.2. The van der Waals surface area contributed by atoms with Crippen molar-refractivity contribution in [2.75, 3.05) is 5.73 Å². The fraction of sp³-hybridized carbons (Fsp3) is 0.542. The van der Waals surface area contributed by atoms with Gasteiger partial charge in [0, 0.05) is 61.2 Å². The zero-order valence-electron chi connectivity index (χ0n) is 36.7. The van der Waals surface area contributed by atoms with Crippen molar-refractivity contribution in [3.63, 3.8) is 0 Å². The van der Waals surface area contributed by atoms with Gasteiger partial charge in [-0.25, -0.2) is 9.78 Å². The number of nitrogens with two attached hydrogens (primary N) is 1. The molecule has 2 aromatic carbocycles. The van der Waals surface area contributed by atoms with E-state index < -0.39 is 29.7 Å². The topological polar surface area (TPSA) is 203 Å². The molecule has 330 valence electrons. The van der Waals surface area contributed by atoms with Gasteiger partial charge in [-0.3, -0.25) is 9.59 Å². The number of phenols is 1. The molecule has 4 fully saturated rings. The number of amides is 2. The van der Waals surface area contributed by atoms with Crippen LogP contribution < -0.4 is 16.4 Å². The van der Waals surface area contributed by atoms with Gasteiger partial charge in [0.15, 0.2) is 17.6 Å². The normalized spacial score (nSPS) is 22.0. The van der Waals surface area contributed by atoms with Crippen LogP contribution in [0.15, 0.2) is 59.5 Å². The van der Waals surface area contributed by atoms with Gasteiger partial charge < -0.3 is 40.3 Å². The first-order valence-corrected chi connectivity index (χ1v) is 22.3. The van der Waals surface area contributed by atoms with Gasteiger partial charge in [0.25, 0.3) is 0 Å². The lowest BCUT2D eigenvalue weighted by atomic mass is 9.49. The number of ether oxygens (including phenoxy) is 1. The number of ketones is 1. The molecule has 0 spiro atoms. The molecule has 4 bridgehead atoms. The number of nitrogens with one attached hydrogen (secondary N) is 3. The van der Waals surface area contributed by atoms with E-state index in [4.69, 9.17) is 20.0 Å². The Labute approximate surface area is 363 Å². The maximum absolute atomic E-state index is 14.9. The number of hydrogen-bond acceptors (Lipinski definition) is 10. The number of aromatic hydroxyl groups is 1. The minimum atomic E-state index is -0.947. The largest absolute Gasteiger partial charge is 0.508 e. The molecule has 62 heavy (non-hydrogen) atoms. The number of rotatable bonds is 17. The third-order valence-electron chi connectivity index (χ3n) is 13.6. The van der Waals surface area contributed by atoms with Crippen LogP contribution in [0.4, 0.5) is 10.7 Å². The van der Waals surface area contributed by atoms with Crippen LogP contribution in [0.25, 0.3) is 10.9 Å². The minimum Gasteiger partial charge on any atom is -0.508 e. The molecule has 9 rings (SSSR count). The third kappa shape index (κ3) is 10.0. The van der Waals surface area contributed by atoms with Crippen LogP contribution in [0, 0.1) is 42.9 Å². The van der Waals surface area contributed by atoms with Crippen molar-refractivity contribution in [1.82, 2.24) is 35.3 Å². The number of aromatic amines is 1. The highest BCUT2D eigenvalue weighted by Crippen LogP contribution is 2.61. The second kappa shape index (κ2) is 17.6. The van der Waals surface area contributed by atoms with Gasteiger partial charge in [0.2, 0.25) is 11.8 Å². The summed E-state index contributed by atoms with van der Waals surface area (Å²) in [5, 5.41) is 22.1. The lowest BCUT2D eigenvalue weighted by molar-refractivity contribution is -0.131. The number of benzene rings is 2. The molecule has 3 atom stereocenters. The van der Waals surface area contributed by atoms with Crippen molar-refractivity contribution in [2.45, 2.75) is 136 Å². The van der Waals surface area contributed by atoms with Gasteiger partial charge >= 0.3 is 6.09 Å². The Balaban J connectivity index is 1.08. The van der Waals surface area contributed by atoms with Crippen molar-refractivity contribution < 1.29 is 28.8 Å². The maximum atomic E-state index is 14.9. The summed E-state index contributed by atoms with van der Waals surface area (Å²) in [5.74, 6) is 2.31. The molecule has 5 aromatic rings. The number of alkyl carbamates (subject to hydrolysis) is 1. The van der Waals surface area contributed by atoms with Crippen molar-refractivity contribution in [3.8, 4) is 5.75 Å². The number of aromatic nitrogens is 5. The third-order valence-corrected chi connectivity index (χ3v) is 13.6. The molecule has 2 amide bonds. The van der Waals surface area contributed by atoms with Crippen LogP contribution in [0.3, 0.4) is 0 Å². The summed E-state index contributed by atoms with van der Waals surface area (Å²) in [4.78, 5) is 55.1. The molecule has 4 aliphatic carbocycles. The van der Waals surface area contributed by atoms with E-state index in [9.17, 15) is 19.5 Å². The van der Waals surface area contributed by atoms with Crippen LogP contribution in [-0.2, 0) is 40.1 Å². The Hall–Kier alpha value is -5.66. The van der Waals surface area contributed by atoms with Crippen LogP contribution in [-0.4, -0.2) is 59.2 Å². The molecule has 0 unspecified atom stereocenters. The van der Waals surface area contributed by atoms with Crippen LogP contribution in [0.2, 0.25) is 0 Å². The van der Waals surface area contributed by atoms with E-state index >= 15 is 0 Å². The number of anilines is 1. The number of carbonyl (C=O) groups excluding carboxylic acids is 3. The van der Waals surface area contributed by atoms with Crippen molar-refractivity contribution in [3.05, 3.63) is 89.0 Å². The van der Waals surface area contributed by atoms with Gasteiger partial charge in [0.05, 0.1) is 6.04 Å². The van der Waals surface area contributed by atoms with Gasteiger partial charge in [-0.1, -0.05) is 23.4 Å². The minimum absolute atomic E-state index is 0.125. The summed E-state index contributed by atoms with van der Waals surface area (Å²) in [6.45, 7) is 9.53. The first kappa shape index (κ1) is 43.0. The van der Waals surface area contributed by atoms with Crippen molar-refractivity contribution in [1.29, 1.82) is 0 Å². The first-order valence-electron chi connectivity index (χ1n) is 22.3. The Bertz CT molecular complexity index is 2350. The van der Waals surface area contributed by atoms with E-state index in [1.54, 1.807) is 49.9 Å². The number of phenolic OH excluding ortho intramolecular Hbond substituents is 1. The summed E-state index contributed by atoms with van der Waals surface area (Å²) in [5.41, 5.74) is 9.83. The molecule has 4 aliphatic rings. The SMILES string of the molecule is Cc1cc(O)cc(C)c1C[C@H](CC(=O)[C@@H](CCCn1ccnc1N)NC(=O)OC(C)(C)C)C(=O)N[C@@H](Cc1c[nH]c2ccccc12)c1nc(CC23CC4CC(CC(C4)C2)C3)no1. The Morgan fingerprint density at radius 3 is 2.39 bits per heavy atom. The van der Waals surface area contributed by atoms with Crippen LogP contribution in [0.1, 0.15) is 119 Å². The average Bonchev–Trinajstić information content (AvgIpc) is 3.93. The lowest BCUT2D eigenvalue weighted by Crippen LogP contribution is -2.47. The molecular formula is C48H62N8O6. The monoisotopic (exact) mass is 846 g/mol. The highest BCUT2D eigenvalue weighted by Gasteiger charge is 2.51. The number of imidazole rings is 1. The smallest absolute Gasteiger partial charge is 0.408 e. The molecule has 6 N–H and O–H groups in total. The molecule has 14 heteroatoms. The number of nitrogens with zero attached hydrogens (tertiary/aromatic N) is 4. The van der Waals surface area contributed by atoms with Gasteiger partial charge in [-0.15, -0.1) is 0 Å². The van der Waals surface area contributed by atoms with Gasteiger partial charge in [-0.05, 0) is 156 Å². The average molecular weight is 847 g/mol. The van der Waals surface area contributed by atoms with Crippen LogP contribution >= 0.6 is 0 Å². The highest BCUT2D eigenvalue weighted by atomic mass is 16.6. The zero-order valence-corrected chi connectivity index (χ0v) is 36.7. The second-order valence-electron chi connectivity index (χ2n) is 19.7. The van der Waals surface area contributed by atoms with E-state index in [2.05, 4.69) is 25.8 Å². The molecular weight excluding hydrogens is 785 g/mol. The number of hydrogen-bond donors (Lipinski definition) is 5. The number of carbonyl (C=O) groups is 3.